The number of anilines is 1. The molecule has 0 radical (unpaired) electrons. The molecular weight excluding hydrogens is 354 g/mol. The lowest BCUT2D eigenvalue weighted by Crippen LogP contribution is -2.26. The number of nitrogens with zero attached hydrogens (tertiary/aromatic N) is 3. The maximum absolute atomic E-state index is 12.9. The number of carbonyl (C=O) groups is 1. The Morgan fingerprint density at radius 2 is 2.07 bits per heavy atom. The summed E-state index contributed by atoms with van der Waals surface area (Å²) in [7, 11) is 0. The number of para-hydroxylation sites is 2. The van der Waals surface area contributed by atoms with Gasteiger partial charge in [0.05, 0.1) is 23.7 Å². The van der Waals surface area contributed by atoms with E-state index in [2.05, 4.69) is 19.2 Å². The molecule has 1 atom stereocenters. The van der Waals surface area contributed by atoms with Gasteiger partial charge < -0.3 is 20.4 Å². The molecule has 0 saturated carbocycles. The van der Waals surface area contributed by atoms with Crippen molar-refractivity contribution in [3.05, 3.63) is 29.8 Å². The minimum absolute atomic E-state index is 0.0861. The molecule has 1 fully saturated rings. The van der Waals surface area contributed by atoms with Crippen LogP contribution in [0.2, 0.25) is 0 Å². The van der Waals surface area contributed by atoms with Gasteiger partial charge in [0.1, 0.15) is 16.9 Å². The van der Waals surface area contributed by atoms with Crippen LogP contribution in [0.4, 0.5) is 5.82 Å². The minimum Gasteiger partial charge on any atom is -0.384 e. The lowest BCUT2D eigenvalue weighted by Gasteiger charge is -2.13. The van der Waals surface area contributed by atoms with E-state index in [4.69, 9.17) is 20.4 Å². The molecular formula is C21H27N5O2. The van der Waals surface area contributed by atoms with E-state index in [1.165, 1.54) is 0 Å². The van der Waals surface area contributed by atoms with Gasteiger partial charge in [-0.3, -0.25) is 4.79 Å². The number of nitrogens with one attached hydrogen (secondary N) is 1. The van der Waals surface area contributed by atoms with Crippen LogP contribution < -0.4 is 11.1 Å². The van der Waals surface area contributed by atoms with E-state index in [9.17, 15) is 4.79 Å². The standard InChI is InChI=1S/C21H27N5O2/c1-13(2)9-10-23-21(27)17-18-20(25-16-8-4-3-7-15(16)24-18)26(19(17)22)12-14-6-5-11-28-14/h3-4,7-8,13-14H,5-6,9-12,22H2,1-2H3,(H,23,27)/t14-/m0/s1. The van der Waals surface area contributed by atoms with Gasteiger partial charge in [-0.2, -0.15) is 0 Å². The van der Waals surface area contributed by atoms with Crippen molar-refractivity contribution in [2.75, 3.05) is 18.9 Å². The molecule has 7 nitrogen and oxygen atoms in total. The van der Waals surface area contributed by atoms with E-state index in [0.717, 1.165) is 36.9 Å². The number of carbonyl (C=O) groups excluding carboxylic acids is 1. The molecule has 0 spiro atoms. The first-order valence-corrected chi connectivity index (χ1v) is 9.99. The van der Waals surface area contributed by atoms with E-state index in [1.807, 2.05) is 28.8 Å². The van der Waals surface area contributed by atoms with Crippen molar-refractivity contribution < 1.29 is 9.53 Å². The number of fused-ring (bicyclic) bond motifs is 2. The van der Waals surface area contributed by atoms with E-state index in [-0.39, 0.29) is 12.0 Å². The fourth-order valence-corrected chi connectivity index (χ4v) is 3.68. The van der Waals surface area contributed by atoms with Crippen molar-refractivity contribution in [1.29, 1.82) is 0 Å². The normalized spacial score (nSPS) is 17.0. The number of rotatable bonds is 6. The molecule has 1 aromatic carbocycles. The lowest BCUT2D eigenvalue weighted by atomic mass is 10.1. The molecule has 3 N–H and O–H groups in total. The monoisotopic (exact) mass is 381 g/mol. The maximum atomic E-state index is 12.9. The van der Waals surface area contributed by atoms with Gasteiger partial charge in [0.25, 0.3) is 5.91 Å². The van der Waals surface area contributed by atoms with Gasteiger partial charge in [0, 0.05) is 13.2 Å². The van der Waals surface area contributed by atoms with Gasteiger partial charge >= 0.3 is 0 Å². The Morgan fingerprint density at radius 1 is 1.32 bits per heavy atom. The summed E-state index contributed by atoms with van der Waals surface area (Å²) in [5, 5.41) is 2.99. The summed E-state index contributed by atoms with van der Waals surface area (Å²) in [6, 6.07) is 7.66. The van der Waals surface area contributed by atoms with Gasteiger partial charge in [-0.05, 0) is 37.3 Å². The Bertz CT molecular complexity index is 1000. The van der Waals surface area contributed by atoms with Gasteiger partial charge in [-0.1, -0.05) is 26.0 Å². The zero-order valence-corrected chi connectivity index (χ0v) is 16.4. The van der Waals surface area contributed by atoms with Gasteiger partial charge in [-0.15, -0.1) is 0 Å². The highest BCUT2D eigenvalue weighted by atomic mass is 16.5. The maximum Gasteiger partial charge on any atom is 0.257 e. The second-order valence-electron chi connectivity index (χ2n) is 7.83. The Kier molecular flexibility index (Phi) is 5.17. The molecule has 0 aliphatic carbocycles. The smallest absolute Gasteiger partial charge is 0.257 e. The van der Waals surface area contributed by atoms with Crippen LogP contribution in [0.5, 0.6) is 0 Å². The molecule has 7 heteroatoms. The van der Waals surface area contributed by atoms with Crippen LogP contribution in [0.25, 0.3) is 22.2 Å². The third kappa shape index (κ3) is 3.54. The van der Waals surface area contributed by atoms with Crippen LogP contribution in [0.15, 0.2) is 24.3 Å². The number of nitrogens with two attached hydrogens (primary N) is 1. The summed E-state index contributed by atoms with van der Waals surface area (Å²) >= 11 is 0. The summed E-state index contributed by atoms with van der Waals surface area (Å²) in [4.78, 5) is 22.5. The molecule has 1 saturated heterocycles. The van der Waals surface area contributed by atoms with Crippen molar-refractivity contribution in [3.63, 3.8) is 0 Å². The third-order valence-corrected chi connectivity index (χ3v) is 5.24. The van der Waals surface area contributed by atoms with Gasteiger partial charge in [-0.25, -0.2) is 9.97 Å². The molecule has 1 aliphatic rings. The van der Waals surface area contributed by atoms with Crippen molar-refractivity contribution in [2.45, 2.75) is 45.8 Å². The Morgan fingerprint density at radius 3 is 2.75 bits per heavy atom. The molecule has 4 rings (SSSR count). The fraction of sp³-hybridized carbons (Fsp3) is 0.476. The highest BCUT2D eigenvalue weighted by Crippen LogP contribution is 2.29. The SMILES string of the molecule is CC(C)CCNC(=O)c1c(N)n(C[C@@H]2CCCO2)c2nc3ccccc3nc12. The Hall–Kier alpha value is -2.67. The molecule has 3 heterocycles. The van der Waals surface area contributed by atoms with Gasteiger partial charge in [0.2, 0.25) is 0 Å². The predicted molar refractivity (Wildman–Crippen MR) is 110 cm³/mol. The summed E-state index contributed by atoms with van der Waals surface area (Å²) in [6.07, 6.45) is 3.02. The summed E-state index contributed by atoms with van der Waals surface area (Å²) in [6.45, 7) is 6.21. The topological polar surface area (TPSA) is 95.1 Å². The van der Waals surface area contributed by atoms with Crippen molar-refractivity contribution in [2.24, 2.45) is 5.92 Å². The number of aromatic nitrogens is 3. The van der Waals surface area contributed by atoms with E-state index in [1.54, 1.807) is 0 Å². The van der Waals surface area contributed by atoms with Crippen molar-refractivity contribution in [3.8, 4) is 0 Å². The van der Waals surface area contributed by atoms with Crippen LogP contribution in [-0.2, 0) is 11.3 Å². The highest BCUT2D eigenvalue weighted by molar-refractivity contribution is 6.10. The fourth-order valence-electron chi connectivity index (χ4n) is 3.68. The first-order valence-electron chi connectivity index (χ1n) is 9.99. The molecule has 0 bridgehead atoms. The summed E-state index contributed by atoms with van der Waals surface area (Å²) in [5.41, 5.74) is 9.60. The molecule has 0 unspecified atom stereocenters. The molecule has 1 aliphatic heterocycles. The predicted octanol–water partition coefficient (Wildman–Crippen LogP) is 3.12. The van der Waals surface area contributed by atoms with Crippen LogP contribution in [0, 0.1) is 5.92 Å². The Labute approximate surface area is 164 Å². The van der Waals surface area contributed by atoms with Crippen LogP contribution in [0.1, 0.15) is 43.5 Å². The molecule has 28 heavy (non-hydrogen) atoms. The Balaban J connectivity index is 1.79. The first kappa shape index (κ1) is 18.7. The second kappa shape index (κ2) is 7.75. The van der Waals surface area contributed by atoms with E-state index < -0.39 is 0 Å². The minimum atomic E-state index is -0.196. The summed E-state index contributed by atoms with van der Waals surface area (Å²) in [5.74, 6) is 0.726. The van der Waals surface area contributed by atoms with Crippen molar-refractivity contribution >= 4 is 33.9 Å². The average molecular weight is 381 g/mol. The summed E-state index contributed by atoms with van der Waals surface area (Å²) < 4.78 is 7.68. The third-order valence-electron chi connectivity index (χ3n) is 5.24. The molecule has 3 aromatic rings. The van der Waals surface area contributed by atoms with Gasteiger partial charge in [0.15, 0.2) is 5.65 Å². The highest BCUT2D eigenvalue weighted by Gasteiger charge is 2.26. The van der Waals surface area contributed by atoms with Crippen LogP contribution in [-0.4, -0.2) is 39.7 Å². The number of amides is 1. The average Bonchev–Trinajstić information content (AvgIpc) is 3.27. The van der Waals surface area contributed by atoms with Crippen molar-refractivity contribution in [1.82, 2.24) is 19.9 Å². The number of hydrogen-bond donors (Lipinski definition) is 2. The van der Waals surface area contributed by atoms with E-state index in [0.29, 0.717) is 41.6 Å². The second-order valence-corrected chi connectivity index (χ2v) is 7.83. The molecule has 2 aromatic heterocycles. The number of hydrogen-bond acceptors (Lipinski definition) is 5. The number of nitrogen functional groups attached to an aromatic ring is 1. The van der Waals surface area contributed by atoms with E-state index >= 15 is 0 Å². The van der Waals surface area contributed by atoms with Crippen LogP contribution in [0.3, 0.4) is 0 Å². The quantitative estimate of drug-likeness (QED) is 0.684. The first-order chi connectivity index (χ1) is 13.5. The number of benzene rings is 1. The largest absolute Gasteiger partial charge is 0.384 e. The van der Waals surface area contributed by atoms with Crippen LogP contribution >= 0.6 is 0 Å². The molecule has 148 valence electrons. The lowest BCUT2D eigenvalue weighted by molar-refractivity contribution is 0.0948. The zero-order valence-electron chi connectivity index (χ0n) is 16.4. The molecule has 1 amide bonds. The zero-order chi connectivity index (χ0) is 19.7. The number of ether oxygens (including phenoxy) is 1.